The second kappa shape index (κ2) is 6.62. The minimum absolute atomic E-state index is 0.224. The summed E-state index contributed by atoms with van der Waals surface area (Å²) in [6.07, 6.45) is 1.79. The Balaban J connectivity index is 2.04. The van der Waals surface area contributed by atoms with Gasteiger partial charge in [0.25, 0.3) is 0 Å². The standard InChI is InChI=1S/C16H21N3O3/c1-11-14(16(20)21)8-13(22-11)10-19(4)9-12-5-6-17-15(7-12)18(2)3/h5-8H,9-10H2,1-4H3,(H,20,21). The van der Waals surface area contributed by atoms with Gasteiger partial charge in [0, 0.05) is 26.8 Å². The van der Waals surface area contributed by atoms with E-state index in [1.807, 2.05) is 38.2 Å². The summed E-state index contributed by atoms with van der Waals surface area (Å²) in [5, 5.41) is 9.05. The minimum atomic E-state index is -0.958. The predicted octanol–water partition coefficient (Wildman–Crippen LogP) is 2.38. The number of hydrogen-bond donors (Lipinski definition) is 1. The average molecular weight is 303 g/mol. The summed E-state index contributed by atoms with van der Waals surface area (Å²) >= 11 is 0. The molecule has 0 spiro atoms. The Morgan fingerprint density at radius 1 is 1.27 bits per heavy atom. The van der Waals surface area contributed by atoms with E-state index in [-0.39, 0.29) is 5.56 Å². The molecule has 1 N–H and O–H groups in total. The fourth-order valence-corrected chi connectivity index (χ4v) is 2.27. The molecular weight excluding hydrogens is 282 g/mol. The molecule has 0 aromatic carbocycles. The molecule has 0 atom stereocenters. The van der Waals surface area contributed by atoms with Gasteiger partial charge in [-0.1, -0.05) is 0 Å². The van der Waals surface area contributed by atoms with E-state index in [4.69, 9.17) is 9.52 Å². The Kier molecular flexibility index (Phi) is 4.82. The molecule has 2 heterocycles. The van der Waals surface area contributed by atoms with Gasteiger partial charge in [0.05, 0.1) is 6.54 Å². The summed E-state index contributed by atoms with van der Waals surface area (Å²) in [7, 11) is 5.87. The summed E-state index contributed by atoms with van der Waals surface area (Å²) in [6, 6.07) is 5.60. The van der Waals surface area contributed by atoms with E-state index in [0.29, 0.717) is 18.1 Å². The minimum Gasteiger partial charge on any atom is -0.478 e. The van der Waals surface area contributed by atoms with Crippen molar-refractivity contribution in [2.24, 2.45) is 0 Å². The maximum atomic E-state index is 11.0. The van der Waals surface area contributed by atoms with Crippen LogP contribution >= 0.6 is 0 Å². The Bertz CT molecular complexity index is 664. The van der Waals surface area contributed by atoms with E-state index in [1.165, 1.54) is 0 Å². The second-order valence-electron chi connectivity index (χ2n) is 5.58. The molecule has 0 fully saturated rings. The molecule has 118 valence electrons. The number of nitrogens with zero attached hydrogens (tertiary/aromatic N) is 3. The molecule has 0 saturated carbocycles. The lowest BCUT2D eigenvalue weighted by Crippen LogP contribution is -2.18. The van der Waals surface area contributed by atoms with Crippen molar-refractivity contribution in [3.05, 3.63) is 47.0 Å². The maximum absolute atomic E-state index is 11.0. The van der Waals surface area contributed by atoms with E-state index >= 15 is 0 Å². The molecular formula is C16H21N3O3. The fraction of sp³-hybridized carbons (Fsp3) is 0.375. The second-order valence-corrected chi connectivity index (χ2v) is 5.58. The monoisotopic (exact) mass is 303 g/mol. The van der Waals surface area contributed by atoms with Crippen molar-refractivity contribution >= 4 is 11.8 Å². The normalized spacial score (nSPS) is 11.0. The van der Waals surface area contributed by atoms with Gasteiger partial charge in [0.15, 0.2) is 0 Å². The molecule has 0 saturated heterocycles. The van der Waals surface area contributed by atoms with Crippen LogP contribution in [0.5, 0.6) is 0 Å². The van der Waals surface area contributed by atoms with Crippen LogP contribution in [0.25, 0.3) is 0 Å². The van der Waals surface area contributed by atoms with E-state index in [0.717, 1.165) is 17.9 Å². The van der Waals surface area contributed by atoms with Gasteiger partial charge >= 0.3 is 5.97 Å². The molecule has 0 radical (unpaired) electrons. The fourth-order valence-electron chi connectivity index (χ4n) is 2.27. The van der Waals surface area contributed by atoms with Gasteiger partial charge in [-0.3, -0.25) is 4.90 Å². The largest absolute Gasteiger partial charge is 0.478 e. The Hall–Kier alpha value is -2.34. The SMILES string of the molecule is Cc1oc(CN(C)Cc2ccnc(N(C)C)c2)cc1C(=O)O. The van der Waals surface area contributed by atoms with E-state index < -0.39 is 5.97 Å². The Morgan fingerprint density at radius 2 is 2.00 bits per heavy atom. The molecule has 0 aliphatic carbocycles. The van der Waals surface area contributed by atoms with Crippen LogP contribution in [0.15, 0.2) is 28.8 Å². The molecule has 0 aliphatic rings. The number of carboxylic acid groups (broad SMARTS) is 1. The molecule has 22 heavy (non-hydrogen) atoms. The summed E-state index contributed by atoms with van der Waals surface area (Å²) in [4.78, 5) is 19.3. The zero-order valence-electron chi connectivity index (χ0n) is 13.3. The first-order chi connectivity index (χ1) is 10.4. The van der Waals surface area contributed by atoms with Gasteiger partial charge < -0.3 is 14.4 Å². The first kappa shape index (κ1) is 16.0. The zero-order chi connectivity index (χ0) is 16.3. The highest BCUT2D eigenvalue weighted by Gasteiger charge is 2.15. The van der Waals surface area contributed by atoms with Crippen molar-refractivity contribution in [3.63, 3.8) is 0 Å². The van der Waals surface area contributed by atoms with Crippen LogP contribution in [-0.2, 0) is 13.1 Å². The third kappa shape index (κ3) is 3.85. The molecule has 0 aliphatic heterocycles. The average Bonchev–Trinajstić information content (AvgIpc) is 2.79. The molecule has 0 amide bonds. The Labute approximate surface area is 130 Å². The first-order valence-corrected chi connectivity index (χ1v) is 7.00. The van der Waals surface area contributed by atoms with Gasteiger partial charge in [-0.2, -0.15) is 0 Å². The van der Waals surface area contributed by atoms with Crippen LogP contribution in [0, 0.1) is 6.92 Å². The van der Waals surface area contributed by atoms with Crippen molar-refractivity contribution in [2.45, 2.75) is 20.0 Å². The molecule has 6 heteroatoms. The van der Waals surface area contributed by atoms with Crippen LogP contribution in [0.3, 0.4) is 0 Å². The van der Waals surface area contributed by atoms with Crippen LogP contribution in [-0.4, -0.2) is 42.1 Å². The number of carbonyl (C=O) groups is 1. The molecule has 2 aromatic heterocycles. The molecule has 6 nitrogen and oxygen atoms in total. The summed E-state index contributed by atoms with van der Waals surface area (Å²) < 4.78 is 5.50. The highest BCUT2D eigenvalue weighted by Crippen LogP contribution is 2.17. The summed E-state index contributed by atoms with van der Waals surface area (Å²) in [5.41, 5.74) is 1.37. The van der Waals surface area contributed by atoms with Crippen LogP contribution in [0.4, 0.5) is 5.82 Å². The van der Waals surface area contributed by atoms with Crippen LogP contribution < -0.4 is 4.90 Å². The number of aromatic nitrogens is 1. The molecule has 0 bridgehead atoms. The van der Waals surface area contributed by atoms with Crippen molar-refractivity contribution in [3.8, 4) is 0 Å². The maximum Gasteiger partial charge on any atom is 0.339 e. The number of pyridine rings is 1. The van der Waals surface area contributed by atoms with Gasteiger partial charge in [0.1, 0.15) is 22.9 Å². The number of rotatable bonds is 6. The number of furan rings is 1. The van der Waals surface area contributed by atoms with E-state index in [9.17, 15) is 4.79 Å². The number of carboxylic acids is 1. The third-order valence-corrected chi connectivity index (χ3v) is 3.35. The highest BCUT2D eigenvalue weighted by atomic mass is 16.4. The lowest BCUT2D eigenvalue weighted by Gasteiger charge is -2.17. The highest BCUT2D eigenvalue weighted by molar-refractivity contribution is 5.88. The molecule has 0 unspecified atom stereocenters. The smallest absolute Gasteiger partial charge is 0.339 e. The van der Waals surface area contributed by atoms with E-state index in [1.54, 1.807) is 19.2 Å². The van der Waals surface area contributed by atoms with Gasteiger partial charge in [-0.05, 0) is 37.7 Å². The first-order valence-electron chi connectivity index (χ1n) is 7.00. The van der Waals surface area contributed by atoms with Crippen molar-refractivity contribution in [1.82, 2.24) is 9.88 Å². The number of hydrogen-bond acceptors (Lipinski definition) is 5. The Morgan fingerprint density at radius 3 is 2.59 bits per heavy atom. The van der Waals surface area contributed by atoms with Crippen LogP contribution in [0.1, 0.15) is 27.4 Å². The van der Waals surface area contributed by atoms with Crippen molar-refractivity contribution in [1.29, 1.82) is 0 Å². The predicted molar refractivity (Wildman–Crippen MR) is 84.1 cm³/mol. The van der Waals surface area contributed by atoms with Gasteiger partial charge in [-0.15, -0.1) is 0 Å². The number of aromatic carboxylic acids is 1. The topological polar surface area (TPSA) is 69.8 Å². The lowest BCUT2D eigenvalue weighted by atomic mass is 10.2. The van der Waals surface area contributed by atoms with Crippen molar-refractivity contribution in [2.75, 3.05) is 26.0 Å². The summed E-state index contributed by atoms with van der Waals surface area (Å²) in [6.45, 7) is 2.94. The van der Waals surface area contributed by atoms with Gasteiger partial charge in [-0.25, -0.2) is 9.78 Å². The molecule has 2 rings (SSSR count). The van der Waals surface area contributed by atoms with Crippen LogP contribution in [0.2, 0.25) is 0 Å². The number of anilines is 1. The quantitative estimate of drug-likeness (QED) is 0.883. The summed E-state index contributed by atoms with van der Waals surface area (Å²) in [5.74, 6) is 1.04. The van der Waals surface area contributed by atoms with Gasteiger partial charge in [0.2, 0.25) is 0 Å². The number of aryl methyl sites for hydroxylation is 1. The zero-order valence-corrected chi connectivity index (χ0v) is 13.3. The van der Waals surface area contributed by atoms with Crippen molar-refractivity contribution < 1.29 is 14.3 Å². The lowest BCUT2D eigenvalue weighted by molar-refractivity contribution is 0.0695. The van der Waals surface area contributed by atoms with E-state index in [2.05, 4.69) is 9.88 Å². The molecule has 2 aromatic rings. The third-order valence-electron chi connectivity index (χ3n) is 3.35.